The van der Waals surface area contributed by atoms with Gasteiger partial charge in [-0.3, -0.25) is 0 Å². The van der Waals surface area contributed by atoms with Crippen LogP contribution in [0, 0.1) is 11.3 Å². The first-order valence-electron chi connectivity index (χ1n) is 6.17. The van der Waals surface area contributed by atoms with Crippen molar-refractivity contribution in [2.45, 2.75) is 6.61 Å². The van der Waals surface area contributed by atoms with E-state index in [2.05, 4.69) is 0 Å². The van der Waals surface area contributed by atoms with Gasteiger partial charge in [0.2, 0.25) is 0 Å². The summed E-state index contributed by atoms with van der Waals surface area (Å²) in [5.74, 6) is -0.207. The third-order valence-corrected chi connectivity index (χ3v) is 2.78. The summed E-state index contributed by atoms with van der Waals surface area (Å²) in [4.78, 5) is 10.9. The number of benzene rings is 2. The van der Waals surface area contributed by atoms with Gasteiger partial charge in [0, 0.05) is 7.11 Å². The average Bonchev–Trinajstić information content (AvgIpc) is 2.48. The molecular weight excluding hydrogens is 270 g/mol. The monoisotopic (exact) mass is 283 g/mol. The first-order valence-corrected chi connectivity index (χ1v) is 6.17. The van der Waals surface area contributed by atoms with Gasteiger partial charge >= 0.3 is 5.97 Å². The van der Waals surface area contributed by atoms with E-state index < -0.39 is 5.97 Å². The van der Waals surface area contributed by atoms with Crippen LogP contribution in [0.4, 0.5) is 0 Å². The van der Waals surface area contributed by atoms with Crippen LogP contribution in [0.3, 0.4) is 0 Å². The molecule has 5 nitrogen and oxygen atoms in total. The van der Waals surface area contributed by atoms with E-state index in [1.807, 2.05) is 18.2 Å². The molecule has 21 heavy (non-hydrogen) atoms. The van der Waals surface area contributed by atoms with Crippen molar-refractivity contribution in [1.82, 2.24) is 0 Å². The number of carbonyl (C=O) groups is 1. The predicted molar refractivity (Wildman–Crippen MR) is 75.3 cm³/mol. The van der Waals surface area contributed by atoms with E-state index in [1.54, 1.807) is 19.2 Å². The van der Waals surface area contributed by atoms with Crippen molar-refractivity contribution < 1.29 is 19.4 Å². The van der Waals surface area contributed by atoms with E-state index in [0.717, 1.165) is 5.56 Å². The summed E-state index contributed by atoms with van der Waals surface area (Å²) in [5.41, 5.74) is 1.16. The molecule has 2 aromatic carbocycles. The third-order valence-electron chi connectivity index (χ3n) is 2.78. The molecule has 0 saturated carbocycles. The first kappa shape index (κ1) is 14.6. The number of ether oxygens (including phenoxy) is 2. The minimum Gasteiger partial charge on any atom is -0.478 e. The summed E-state index contributed by atoms with van der Waals surface area (Å²) in [5, 5.41) is 18.0. The van der Waals surface area contributed by atoms with Gasteiger partial charge < -0.3 is 14.6 Å². The molecule has 0 saturated heterocycles. The van der Waals surface area contributed by atoms with Gasteiger partial charge in [-0.25, -0.2) is 4.79 Å². The van der Waals surface area contributed by atoms with Crippen LogP contribution in [0.15, 0.2) is 42.5 Å². The molecule has 2 rings (SSSR count). The molecule has 0 amide bonds. The lowest BCUT2D eigenvalue weighted by atomic mass is 10.1. The Bertz CT molecular complexity index is 704. The molecular formula is C16H13NO4. The van der Waals surface area contributed by atoms with Gasteiger partial charge in [-0.2, -0.15) is 5.26 Å². The largest absolute Gasteiger partial charge is 0.478 e. The van der Waals surface area contributed by atoms with Crippen LogP contribution in [0.5, 0.6) is 11.5 Å². The lowest BCUT2D eigenvalue weighted by Crippen LogP contribution is -1.98. The number of rotatable bonds is 5. The third kappa shape index (κ3) is 3.59. The normalized spacial score (nSPS) is 9.90. The molecule has 5 heteroatoms. The summed E-state index contributed by atoms with van der Waals surface area (Å²) < 4.78 is 10.7. The molecule has 0 spiro atoms. The summed E-state index contributed by atoms with van der Waals surface area (Å²) in [7, 11) is 1.60. The molecule has 0 fully saturated rings. The lowest BCUT2D eigenvalue weighted by Gasteiger charge is -2.09. The minimum atomic E-state index is -1.08. The second kappa shape index (κ2) is 6.55. The fourth-order valence-electron chi connectivity index (χ4n) is 1.83. The van der Waals surface area contributed by atoms with Crippen LogP contribution < -0.4 is 4.74 Å². The number of methoxy groups -OCH3 is 1. The number of hydrogen-bond acceptors (Lipinski definition) is 4. The molecule has 0 aliphatic rings. The van der Waals surface area contributed by atoms with Crippen LogP contribution in [0.25, 0.3) is 0 Å². The van der Waals surface area contributed by atoms with Crippen LogP contribution in [0.2, 0.25) is 0 Å². The molecule has 0 atom stereocenters. The zero-order valence-electron chi connectivity index (χ0n) is 11.4. The Kier molecular flexibility index (Phi) is 4.54. The van der Waals surface area contributed by atoms with E-state index in [-0.39, 0.29) is 11.1 Å². The smallest absolute Gasteiger partial charge is 0.335 e. The lowest BCUT2D eigenvalue weighted by molar-refractivity contribution is 0.0697. The Morgan fingerprint density at radius 1 is 1.29 bits per heavy atom. The standard InChI is InChI=1S/C16H13NO4/c1-20-10-11-3-2-4-14(7-11)21-15-6-5-12(16(18)19)8-13(15)9-17/h2-8H,10H2,1H3,(H,18,19). The van der Waals surface area contributed by atoms with Crippen molar-refractivity contribution in [1.29, 1.82) is 5.26 Å². The van der Waals surface area contributed by atoms with E-state index >= 15 is 0 Å². The highest BCUT2D eigenvalue weighted by Gasteiger charge is 2.10. The quantitative estimate of drug-likeness (QED) is 0.911. The maximum atomic E-state index is 10.9. The van der Waals surface area contributed by atoms with Crippen molar-refractivity contribution >= 4 is 5.97 Å². The number of aromatic carboxylic acids is 1. The van der Waals surface area contributed by atoms with Gasteiger partial charge in [-0.15, -0.1) is 0 Å². The molecule has 0 heterocycles. The topological polar surface area (TPSA) is 79.6 Å². The van der Waals surface area contributed by atoms with E-state index in [0.29, 0.717) is 18.1 Å². The van der Waals surface area contributed by atoms with Crippen LogP contribution >= 0.6 is 0 Å². The number of carboxylic acid groups (broad SMARTS) is 1. The highest BCUT2D eigenvalue weighted by atomic mass is 16.5. The van der Waals surface area contributed by atoms with E-state index in [9.17, 15) is 4.79 Å². The number of hydrogen-bond donors (Lipinski definition) is 1. The van der Waals surface area contributed by atoms with Gasteiger partial charge in [-0.1, -0.05) is 12.1 Å². The SMILES string of the molecule is COCc1cccc(Oc2ccc(C(=O)O)cc2C#N)c1. The Morgan fingerprint density at radius 3 is 2.76 bits per heavy atom. The second-order valence-electron chi connectivity index (χ2n) is 4.31. The van der Waals surface area contributed by atoms with Gasteiger partial charge in [0.15, 0.2) is 0 Å². The molecule has 0 aromatic heterocycles. The van der Waals surface area contributed by atoms with Crippen molar-refractivity contribution in [3.8, 4) is 17.6 Å². The van der Waals surface area contributed by atoms with Gasteiger partial charge in [0.05, 0.1) is 17.7 Å². The van der Waals surface area contributed by atoms with Gasteiger partial charge in [0.25, 0.3) is 0 Å². The fraction of sp³-hybridized carbons (Fsp3) is 0.125. The summed E-state index contributed by atoms with van der Waals surface area (Å²) in [6.07, 6.45) is 0. The molecule has 2 aromatic rings. The predicted octanol–water partition coefficient (Wildman–Crippen LogP) is 3.20. The van der Waals surface area contributed by atoms with E-state index in [1.165, 1.54) is 18.2 Å². The molecule has 0 unspecified atom stereocenters. The van der Waals surface area contributed by atoms with Crippen molar-refractivity contribution in [3.63, 3.8) is 0 Å². The summed E-state index contributed by atoms with van der Waals surface area (Å²) in [6, 6.07) is 13.4. The number of nitriles is 1. The highest BCUT2D eigenvalue weighted by Crippen LogP contribution is 2.26. The Labute approximate surface area is 122 Å². The number of nitrogens with zero attached hydrogens (tertiary/aromatic N) is 1. The van der Waals surface area contributed by atoms with Crippen LogP contribution in [-0.2, 0) is 11.3 Å². The fourth-order valence-corrected chi connectivity index (χ4v) is 1.83. The van der Waals surface area contributed by atoms with Gasteiger partial charge in [0.1, 0.15) is 17.6 Å². The van der Waals surface area contributed by atoms with Crippen molar-refractivity contribution in [2.24, 2.45) is 0 Å². The maximum absolute atomic E-state index is 10.9. The molecule has 106 valence electrons. The maximum Gasteiger partial charge on any atom is 0.335 e. The minimum absolute atomic E-state index is 0.0482. The summed E-state index contributed by atoms with van der Waals surface area (Å²) >= 11 is 0. The number of carboxylic acids is 1. The van der Waals surface area contributed by atoms with Crippen LogP contribution in [-0.4, -0.2) is 18.2 Å². The average molecular weight is 283 g/mol. The molecule has 0 bridgehead atoms. The van der Waals surface area contributed by atoms with Crippen LogP contribution in [0.1, 0.15) is 21.5 Å². The Hall–Kier alpha value is -2.84. The Balaban J connectivity index is 2.29. The Morgan fingerprint density at radius 2 is 2.10 bits per heavy atom. The van der Waals surface area contributed by atoms with E-state index in [4.69, 9.17) is 19.8 Å². The first-order chi connectivity index (χ1) is 10.1. The molecule has 1 N–H and O–H groups in total. The highest BCUT2D eigenvalue weighted by molar-refractivity contribution is 5.88. The zero-order chi connectivity index (χ0) is 15.2. The van der Waals surface area contributed by atoms with Crippen molar-refractivity contribution in [3.05, 3.63) is 59.2 Å². The van der Waals surface area contributed by atoms with Gasteiger partial charge in [-0.05, 0) is 35.9 Å². The summed E-state index contributed by atoms with van der Waals surface area (Å²) in [6.45, 7) is 0.459. The second-order valence-corrected chi connectivity index (χ2v) is 4.31. The molecule has 0 radical (unpaired) electrons. The van der Waals surface area contributed by atoms with Crippen molar-refractivity contribution in [2.75, 3.05) is 7.11 Å². The molecule has 0 aliphatic heterocycles. The zero-order valence-corrected chi connectivity index (χ0v) is 11.4. The molecule has 0 aliphatic carbocycles.